The maximum atomic E-state index is 12.7. The fourth-order valence-corrected chi connectivity index (χ4v) is 5.36. The molecule has 0 unspecified atom stereocenters. The van der Waals surface area contributed by atoms with Gasteiger partial charge in [0.25, 0.3) is 0 Å². The molecule has 6 nitrogen and oxygen atoms in total. The van der Waals surface area contributed by atoms with Crippen LogP contribution in [0.15, 0.2) is 0 Å². The summed E-state index contributed by atoms with van der Waals surface area (Å²) in [6.45, 7) is 2.79. The highest BCUT2D eigenvalue weighted by atomic mass is 32.2. The van der Waals surface area contributed by atoms with E-state index >= 15 is 0 Å². The van der Waals surface area contributed by atoms with Crippen molar-refractivity contribution < 1.29 is 4.79 Å². The SMILES string of the molecule is CN1CSC[C@H]1C(=O)N1CCC(c2nnc3n2CCCCC3)CC1. The first kappa shape index (κ1) is 16.4. The molecule has 0 N–H and O–H groups in total. The Bertz CT molecular complexity index is 596. The van der Waals surface area contributed by atoms with Crippen LogP contribution >= 0.6 is 11.8 Å². The van der Waals surface area contributed by atoms with Crippen molar-refractivity contribution in [3.8, 4) is 0 Å². The number of thioether (sulfide) groups is 1. The number of aromatic nitrogens is 3. The number of aryl methyl sites for hydroxylation is 1. The van der Waals surface area contributed by atoms with Gasteiger partial charge in [-0.3, -0.25) is 9.69 Å². The van der Waals surface area contributed by atoms with Crippen LogP contribution < -0.4 is 0 Å². The second-order valence-electron chi connectivity index (χ2n) is 7.31. The monoisotopic (exact) mass is 349 g/mol. The van der Waals surface area contributed by atoms with Crippen LogP contribution in [0.25, 0.3) is 0 Å². The third kappa shape index (κ3) is 3.08. The quantitative estimate of drug-likeness (QED) is 0.814. The smallest absolute Gasteiger partial charge is 0.240 e. The first-order valence-corrected chi connectivity index (χ1v) is 10.4. The summed E-state index contributed by atoms with van der Waals surface area (Å²) in [6, 6.07) is 0.0795. The Balaban J connectivity index is 1.40. The highest BCUT2D eigenvalue weighted by molar-refractivity contribution is 7.99. The number of nitrogens with zero attached hydrogens (tertiary/aromatic N) is 5. The van der Waals surface area contributed by atoms with Crippen molar-refractivity contribution >= 4 is 17.7 Å². The summed E-state index contributed by atoms with van der Waals surface area (Å²) in [4.78, 5) is 17.0. The molecule has 24 heavy (non-hydrogen) atoms. The number of fused-ring (bicyclic) bond motifs is 1. The van der Waals surface area contributed by atoms with Crippen LogP contribution in [0.2, 0.25) is 0 Å². The molecule has 1 aromatic rings. The number of hydrogen-bond acceptors (Lipinski definition) is 5. The van der Waals surface area contributed by atoms with Crippen molar-refractivity contribution in [3.05, 3.63) is 11.6 Å². The van der Waals surface area contributed by atoms with Crippen LogP contribution in [-0.2, 0) is 17.8 Å². The Morgan fingerprint density at radius 3 is 2.71 bits per heavy atom. The molecule has 1 atom stereocenters. The van der Waals surface area contributed by atoms with E-state index in [9.17, 15) is 4.79 Å². The molecular formula is C17H27N5OS. The van der Waals surface area contributed by atoms with Gasteiger partial charge in [0.1, 0.15) is 11.6 Å². The lowest BCUT2D eigenvalue weighted by Crippen LogP contribution is -2.48. The first-order chi connectivity index (χ1) is 11.7. The number of carbonyl (C=O) groups is 1. The van der Waals surface area contributed by atoms with Gasteiger partial charge in [-0.1, -0.05) is 6.42 Å². The molecule has 3 aliphatic heterocycles. The van der Waals surface area contributed by atoms with Gasteiger partial charge in [-0.25, -0.2) is 0 Å². The number of rotatable bonds is 2. The molecular weight excluding hydrogens is 322 g/mol. The van der Waals surface area contributed by atoms with Crippen molar-refractivity contribution in [2.45, 2.75) is 57.0 Å². The van der Waals surface area contributed by atoms with Crippen molar-refractivity contribution in [1.29, 1.82) is 0 Å². The molecule has 132 valence electrons. The van der Waals surface area contributed by atoms with E-state index in [1.54, 1.807) is 0 Å². The van der Waals surface area contributed by atoms with Crippen LogP contribution in [0, 0.1) is 0 Å². The molecule has 3 aliphatic rings. The molecule has 7 heteroatoms. The summed E-state index contributed by atoms with van der Waals surface area (Å²) in [5.41, 5.74) is 0. The van der Waals surface area contributed by atoms with Gasteiger partial charge in [0.05, 0.1) is 6.04 Å². The molecule has 2 saturated heterocycles. The summed E-state index contributed by atoms with van der Waals surface area (Å²) < 4.78 is 2.37. The third-order valence-corrected chi connectivity index (χ3v) is 6.84. The highest BCUT2D eigenvalue weighted by Crippen LogP contribution is 2.30. The normalized spacial score (nSPS) is 26.4. The summed E-state index contributed by atoms with van der Waals surface area (Å²) in [5, 5.41) is 8.96. The Morgan fingerprint density at radius 1 is 1.12 bits per heavy atom. The minimum atomic E-state index is 0.0795. The van der Waals surface area contributed by atoms with Gasteiger partial charge >= 0.3 is 0 Å². The average molecular weight is 350 g/mol. The second-order valence-corrected chi connectivity index (χ2v) is 8.31. The molecule has 1 amide bonds. The van der Waals surface area contributed by atoms with E-state index in [1.807, 2.05) is 11.8 Å². The Kier molecular flexibility index (Phi) is 4.81. The Hall–Kier alpha value is -1.08. The van der Waals surface area contributed by atoms with Crippen LogP contribution in [0.3, 0.4) is 0 Å². The number of amides is 1. The zero-order valence-corrected chi connectivity index (χ0v) is 15.3. The van der Waals surface area contributed by atoms with Crippen LogP contribution in [0.5, 0.6) is 0 Å². The van der Waals surface area contributed by atoms with Crippen molar-refractivity contribution in [2.75, 3.05) is 31.8 Å². The van der Waals surface area contributed by atoms with E-state index in [0.29, 0.717) is 11.8 Å². The number of carbonyl (C=O) groups excluding carboxylic acids is 1. The summed E-state index contributed by atoms with van der Waals surface area (Å²) >= 11 is 1.86. The lowest BCUT2D eigenvalue weighted by Gasteiger charge is -2.34. The zero-order chi connectivity index (χ0) is 16.5. The molecule has 2 fully saturated rings. The molecule has 0 saturated carbocycles. The maximum absolute atomic E-state index is 12.7. The number of likely N-dealkylation sites (N-methyl/N-ethyl adjacent to an activating group) is 1. The lowest BCUT2D eigenvalue weighted by atomic mass is 9.95. The van der Waals surface area contributed by atoms with Gasteiger partial charge < -0.3 is 9.47 Å². The molecule has 1 aromatic heterocycles. The predicted octanol–water partition coefficient (Wildman–Crippen LogP) is 1.72. The number of hydrogen-bond donors (Lipinski definition) is 0. The molecule has 0 aliphatic carbocycles. The minimum Gasteiger partial charge on any atom is -0.341 e. The van der Waals surface area contributed by atoms with Gasteiger partial charge in [-0.15, -0.1) is 22.0 Å². The molecule has 4 heterocycles. The average Bonchev–Trinajstić information content (AvgIpc) is 3.14. The van der Waals surface area contributed by atoms with E-state index in [-0.39, 0.29) is 6.04 Å². The highest BCUT2D eigenvalue weighted by Gasteiger charge is 2.34. The van der Waals surface area contributed by atoms with Crippen LogP contribution in [0.4, 0.5) is 0 Å². The van der Waals surface area contributed by atoms with Crippen molar-refractivity contribution in [2.24, 2.45) is 0 Å². The largest absolute Gasteiger partial charge is 0.341 e. The van der Waals surface area contributed by atoms with E-state index in [1.165, 1.54) is 30.9 Å². The van der Waals surface area contributed by atoms with Gasteiger partial charge in [-0.05, 0) is 32.7 Å². The maximum Gasteiger partial charge on any atom is 0.240 e. The van der Waals surface area contributed by atoms with Gasteiger partial charge in [-0.2, -0.15) is 0 Å². The third-order valence-electron chi connectivity index (χ3n) is 5.70. The minimum absolute atomic E-state index is 0.0795. The van der Waals surface area contributed by atoms with E-state index in [4.69, 9.17) is 0 Å². The molecule has 0 radical (unpaired) electrons. The lowest BCUT2D eigenvalue weighted by molar-refractivity contribution is -0.136. The zero-order valence-electron chi connectivity index (χ0n) is 14.5. The van der Waals surface area contributed by atoms with Crippen molar-refractivity contribution in [1.82, 2.24) is 24.6 Å². The summed E-state index contributed by atoms with van der Waals surface area (Å²) in [5.74, 6) is 5.04. The van der Waals surface area contributed by atoms with E-state index < -0.39 is 0 Å². The van der Waals surface area contributed by atoms with E-state index in [2.05, 4.69) is 31.6 Å². The summed E-state index contributed by atoms with van der Waals surface area (Å²) in [7, 11) is 2.06. The van der Waals surface area contributed by atoms with Gasteiger partial charge in [0.2, 0.25) is 5.91 Å². The predicted molar refractivity (Wildman–Crippen MR) is 95.0 cm³/mol. The Morgan fingerprint density at radius 2 is 1.96 bits per heavy atom. The van der Waals surface area contributed by atoms with Gasteiger partial charge in [0.15, 0.2) is 0 Å². The Labute approximate surface area is 148 Å². The van der Waals surface area contributed by atoms with E-state index in [0.717, 1.165) is 50.5 Å². The second kappa shape index (κ2) is 7.04. The fourth-order valence-electron chi connectivity index (χ4n) is 4.16. The van der Waals surface area contributed by atoms with Crippen LogP contribution in [0.1, 0.15) is 49.7 Å². The number of likely N-dealkylation sites (tertiary alicyclic amines) is 1. The molecule has 0 aromatic carbocycles. The first-order valence-electron chi connectivity index (χ1n) is 9.23. The molecule has 0 bridgehead atoms. The number of piperidine rings is 1. The molecule has 4 rings (SSSR count). The topological polar surface area (TPSA) is 54.3 Å². The van der Waals surface area contributed by atoms with Gasteiger partial charge in [0, 0.05) is 43.6 Å². The van der Waals surface area contributed by atoms with Crippen LogP contribution in [-0.4, -0.2) is 68.3 Å². The summed E-state index contributed by atoms with van der Waals surface area (Å²) in [6.07, 6.45) is 6.87. The standard InChI is InChI=1S/C17H27N5OS/c1-20-12-24-11-14(20)17(23)21-9-6-13(7-10-21)16-19-18-15-5-3-2-4-8-22(15)16/h13-14H,2-12H2,1H3/t14-/m0/s1. The fraction of sp³-hybridized carbons (Fsp3) is 0.824. The van der Waals surface area contributed by atoms with Crippen molar-refractivity contribution in [3.63, 3.8) is 0 Å². The molecule has 0 spiro atoms.